The predicted molar refractivity (Wildman–Crippen MR) is 52.1 cm³/mol. The second-order valence-corrected chi connectivity index (χ2v) is 4.70. The van der Waals surface area contributed by atoms with Crippen molar-refractivity contribution in [1.82, 2.24) is 0 Å². The van der Waals surface area contributed by atoms with E-state index in [-0.39, 0.29) is 13.2 Å². The minimum Gasteiger partial charge on any atom is -0.394 e. The van der Waals surface area contributed by atoms with E-state index in [1.165, 1.54) is 0 Å². The van der Waals surface area contributed by atoms with Crippen LogP contribution in [0.4, 0.5) is 0 Å². The molecule has 0 aromatic heterocycles. The van der Waals surface area contributed by atoms with Crippen LogP contribution in [0.25, 0.3) is 0 Å². The Hall–Kier alpha value is -0.160. The number of hydrogen-bond donors (Lipinski definition) is 2. The smallest absolute Gasteiger partial charge is 0.110 e. The van der Waals surface area contributed by atoms with Gasteiger partial charge in [0.1, 0.15) is 12.2 Å². The molecule has 84 valence electrons. The van der Waals surface area contributed by atoms with Crippen LogP contribution in [0, 0.1) is 0 Å². The zero-order valence-corrected chi connectivity index (χ0v) is 9.28. The van der Waals surface area contributed by atoms with Crippen molar-refractivity contribution in [2.24, 2.45) is 0 Å². The Labute approximate surface area is 84.8 Å². The fourth-order valence-electron chi connectivity index (χ4n) is 1.50. The van der Waals surface area contributed by atoms with Gasteiger partial charge in [0.25, 0.3) is 0 Å². The van der Waals surface area contributed by atoms with Crippen LogP contribution in [-0.4, -0.2) is 46.8 Å². The van der Waals surface area contributed by atoms with Gasteiger partial charge in [0.05, 0.1) is 24.4 Å². The first-order valence-electron chi connectivity index (χ1n) is 4.91. The summed E-state index contributed by atoms with van der Waals surface area (Å²) in [6.45, 7) is 7.41. The van der Waals surface area contributed by atoms with Crippen LogP contribution in [0.15, 0.2) is 0 Å². The molecule has 0 radical (unpaired) electrons. The van der Waals surface area contributed by atoms with Crippen molar-refractivity contribution in [1.29, 1.82) is 0 Å². The van der Waals surface area contributed by atoms with E-state index >= 15 is 0 Å². The van der Waals surface area contributed by atoms with Gasteiger partial charge in [0.2, 0.25) is 0 Å². The molecule has 0 bridgehead atoms. The molecule has 0 aromatic rings. The van der Waals surface area contributed by atoms with Gasteiger partial charge >= 0.3 is 0 Å². The van der Waals surface area contributed by atoms with E-state index in [0.29, 0.717) is 0 Å². The Kier molecular flexibility index (Phi) is 3.21. The Morgan fingerprint density at radius 1 is 0.857 bits per heavy atom. The highest BCUT2D eigenvalue weighted by molar-refractivity contribution is 4.96. The highest BCUT2D eigenvalue weighted by atomic mass is 16.6. The van der Waals surface area contributed by atoms with Gasteiger partial charge in [-0.1, -0.05) is 0 Å². The van der Waals surface area contributed by atoms with Crippen molar-refractivity contribution in [3.05, 3.63) is 0 Å². The van der Waals surface area contributed by atoms with E-state index in [2.05, 4.69) is 0 Å². The lowest BCUT2D eigenvalue weighted by atomic mass is 9.86. The van der Waals surface area contributed by atoms with E-state index in [4.69, 9.17) is 19.7 Å². The molecule has 0 saturated carbocycles. The molecule has 14 heavy (non-hydrogen) atoms. The summed E-state index contributed by atoms with van der Waals surface area (Å²) in [6.07, 6.45) is -0.883. The van der Waals surface area contributed by atoms with Crippen molar-refractivity contribution in [2.45, 2.75) is 51.1 Å². The number of hydrogen-bond acceptors (Lipinski definition) is 4. The van der Waals surface area contributed by atoms with E-state index in [1.807, 2.05) is 27.7 Å². The van der Waals surface area contributed by atoms with Crippen molar-refractivity contribution < 1.29 is 19.7 Å². The van der Waals surface area contributed by atoms with Crippen molar-refractivity contribution in [3.8, 4) is 0 Å². The second-order valence-electron chi connectivity index (χ2n) is 4.70. The van der Waals surface area contributed by atoms with Gasteiger partial charge in [-0.25, -0.2) is 0 Å². The lowest BCUT2D eigenvalue weighted by molar-refractivity contribution is -0.304. The second kappa shape index (κ2) is 3.77. The Morgan fingerprint density at radius 2 is 1.14 bits per heavy atom. The van der Waals surface area contributed by atoms with Crippen LogP contribution in [0.5, 0.6) is 0 Å². The van der Waals surface area contributed by atoms with Crippen molar-refractivity contribution in [2.75, 3.05) is 13.2 Å². The van der Waals surface area contributed by atoms with Crippen molar-refractivity contribution >= 4 is 0 Å². The number of ether oxygens (including phenoxy) is 2. The molecule has 4 nitrogen and oxygen atoms in total. The summed E-state index contributed by atoms with van der Waals surface area (Å²) in [5.74, 6) is 0. The Balaban J connectivity index is 2.81. The van der Waals surface area contributed by atoms with Crippen LogP contribution in [0.3, 0.4) is 0 Å². The Morgan fingerprint density at radius 3 is 1.36 bits per heavy atom. The molecular weight excluding hydrogens is 184 g/mol. The normalized spacial score (nSPS) is 35.6. The Bertz CT molecular complexity index is 178. The zero-order valence-electron chi connectivity index (χ0n) is 9.28. The number of aliphatic hydroxyl groups is 2. The molecular formula is C10H20O4. The average molecular weight is 204 g/mol. The topological polar surface area (TPSA) is 58.9 Å². The molecule has 1 saturated heterocycles. The summed E-state index contributed by atoms with van der Waals surface area (Å²) in [4.78, 5) is 0. The van der Waals surface area contributed by atoms with Crippen LogP contribution in [-0.2, 0) is 9.47 Å². The molecule has 0 unspecified atom stereocenters. The molecule has 1 rings (SSSR count). The summed E-state index contributed by atoms with van der Waals surface area (Å²) in [5.41, 5.74) is -0.932. The molecule has 2 N–H and O–H groups in total. The summed E-state index contributed by atoms with van der Waals surface area (Å²) in [5, 5.41) is 18.2. The van der Waals surface area contributed by atoms with Crippen LogP contribution in [0.2, 0.25) is 0 Å². The molecule has 0 aliphatic carbocycles. The number of rotatable bonds is 2. The molecule has 1 heterocycles. The third kappa shape index (κ3) is 1.93. The fourth-order valence-corrected chi connectivity index (χ4v) is 1.50. The van der Waals surface area contributed by atoms with Gasteiger partial charge in [-0.05, 0) is 27.7 Å². The van der Waals surface area contributed by atoms with Gasteiger partial charge in [-0.2, -0.15) is 0 Å². The van der Waals surface area contributed by atoms with E-state index < -0.39 is 23.4 Å². The highest BCUT2D eigenvalue weighted by Gasteiger charge is 2.48. The van der Waals surface area contributed by atoms with Crippen LogP contribution < -0.4 is 0 Å². The van der Waals surface area contributed by atoms with Crippen LogP contribution in [0.1, 0.15) is 27.7 Å². The molecule has 1 aliphatic heterocycles. The molecule has 1 fully saturated rings. The predicted octanol–water partition coefficient (Wildman–Crippen LogP) is 0.312. The lowest BCUT2D eigenvalue weighted by Gasteiger charge is -2.51. The first kappa shape index (κ1) is 11.9. The zero-order chi connectivity index (χ0) is 11.0. The third-order valence-corrected chi connectivity index (χ3v) is 3.12. The molecule has 1 aliphatic rings. The maximum Gasteiger partial charge on any atom is 0.110 e. The monoisotopic (exact) mass is 204 g/mol. The highest BCUT2D eigenvalue weighted by Crippen LogP contribution is 2.36. The van der Waals surface area contributed by atoms with E-state index in [9.17, 15) is 0 Å². The van der Waals surface area contributed by atoms with E-state index in [0.717, 1.165) is 0 Å². The minimum absolute atomic E-state index is 0.134. The molecule has 2 atom stereocenters. The van der Waals surface area contributed by atoms with Gasteiger partial charge in [0, 0.05) is 0 Å². The van der Waals surface area contributed by atoms with Gasteiger partial charge in [-0.15, -0.1) is 0 Å². The molecule has 0 amide bonds. The molecule has 0 aromatic carbocycles. The lowest BCUT2D eigenvalue weighted by Crippen LogP contribution is -2.62. The summed E-state index contributed by atoms with van der Waals surface area (Å²) < 4.78 is 11.4. The fraction of sp³-hybridized carbons (Fsp3) is 1.00. The summed E-state index contributed by atoms with van der Waals surface area (Å²) in [6, 6.07) is 0. The summed E-state index contributed by atoms with van der Waals surface area (Å²) in [7, 11) is 0. The standard InChI is InChI=1S/C10H20O4/c1-9(2)10(3,4)14-8(6-12)7(5-11)13-9/h7-8,11-12H,5-6H2,1-4H3/t7-,8-/m0/s1. The maximum atomic E-state index is 9.08. The third-order valence-electron chi connectivity index (χ3n) is 3.12. The van der Waals surface area contributed by atoms with Crippen molar-refractivity contribution in [3.63, 3.8) is 0 Å². The minimum atomic E-state index is -0.466. The van der Waals surface area contributed by atoms with Gasteiger partial charge in [-0.3, -0.25) is 0 Å². The average Bonchev–Trinajstić information content (AvgIpc) is 2.09. The van der Waals surface area contributed by atoms with Crippen LogP contribution >= 0.6 is 0 Å². The largest absolute Gasteiger partial charge is 0.394 e. The first-order chi connectivity index (χ1) is 6.34. The quantitative estimate of drug-likeness (QED) is 0.679. The summed E-state index contributed by atoms with van der Waals surface area (Å²) >= 11 is 0. The first-order valence-corrected chi connectivity index (χ1v) is 4.91. The molecule has 4 heteroatoms. The van der Waals surface area contributed by atoms with Gasteiger partial charge < -0.3 is 19.7 Å². The van der Waals surface area contributed by atoms with Gasteiger partial charge in [0.15, 0.2) is 0 Å². The molecule has 0 spiro atoms. The maximum absolute atomic E-state index is 9.08. The van der Waals surface area contributed by atoms with E-state index in [1.54, 1.807) is 0 Å². The number of aliphatic hydroxyl groups excluding tert-OH is 2. The SMILES string of the molecule is CC1(C)O[C@@H](CO)[C@H](CO)OC1(C)C.